The smallest absolute Gasteiger partial charge is 0.289 e. The number of aromatic nitrogens is 1. The number of hydrogen-bond acceptors (Lipinski definition) is 2. The number of nitrogens with one attached hydrogen (secondary N) is 1. The third-order valence-corrected chi connectivity index (χ3v) is 2.61. The molecule has 0 radical (unpaired) electrons. The number of hydrogen-bond donors (Lipinski definition) is 2. The Morgan fingerprint density at radius 3 is 2.73 bits per heavy atom. The number of rotatable bonds is 2. The van der Waals surface area contributed by atoms with Gasteiger partial charge in [-0.05, 0) is 18.2 Å². The number of Topliss-reactive ketones (excluding diaryl/α,β-unsaturated/α-hetero) is 1. The van der Waals surface area contributed by atoms with E-state index >= 15 is 0 Å². The average molecular weight is 267 g/mol. The molecule has 0 spiro atoms. The van der Waals surface area contributed by atoms with Crippen molar-refractivity contribution >= 4 is 38.5 Å². The minimum absolute atomic E-state index is 0.304. The van der Waals surface area contributed by atoms with Crippen molar-refractivity contribution < 1.29 is 9.59 Å². The lowest BCUT2D eigenvalue weighted by molar-refractivity contribution is -0.114. The molecule has 1 aromatic heterocycles. The van der Waals surface area contributed by atoms with Gasteiger partial charge in [0.05, 0.1) is 5.56 Å². The second-order valence-corrected chi connectivity index (χ2v) is 4.00. The standard InChI is InChI=1S/C10H7BrN2O2/c11-5-1-2-8-6(3-5)7(4-13-8)9(14)10(12)15/h1-4,13H,(H2,12,15). The maximum atomic E-state index is 11.4. The van der Waals surface area contributed by atoms with Crippen molar-refractivity contribution in [2.75, 3.05) is 0 Å². The summed E-state index contributed by atoms with van der Waals surface area (Å²) in [5.74, 6) is -1.63. The summed E-state index contributed by atoms with van der Waals surface area (Å²) in [4.78, 5) is 25.1. The van der Waals surface area contributed by atoms with Gasteiger partial charge in [-0.15, -0.1) is 0 Å². The summed E-state index contributed by atoms with van der Waals surface area (Å²) in [6.45, 7) is 0. The van der Waals surface area contributed by atoms with Crippen LogP contribution in [0.4, 0.5) is 0 Å². The molecule has 1 amide bonds. The van der Waals surface area contributed by atoms with Gasteiger partial charge in [0.2, 0.25) is 0 Å². The van der Waals surface area contributed by atoms with Gasteiger partial charge < -0.3 is 10.7 Å². The fourth-order valence-corrected chi connectivity index (χ4v) is 1.77. The molecule has 0 aliphatic rings. The fraction of sp³-hybridized carbons (Fsp3) is 0. The Kier molecular flexibility index (Phi) is 2.32. The first-order valence-electron chi connectivity index (χ1n) is 4.20. The van der Waals surface area contributed by atoms with E-state index < -0.39 is 11.7 Å². The van der Waals surface area contributed by atoms with Gasteiger partial charge in [-0.25, -0.2) is 0 Å². The number of fused-ring (bicyclic) bond motifs is 1. The number of aromatic amines is 1. The predicted molar refractivity (Wildman–Crippen MR) is 59.5 cm³/mol. The molecular formula is C10H7BrN2O2. The summed E-state index contributed by atoms with van der Waals surface area (Å²) in [5.41, 5.74) is 6.04. The van der Waals surface area contributed by atoms with Crippen LogP contribution in [0.2, 0.25) is 0 Å². The Morgan fingerprint density at radius 1 is 1.33 bits per heavy atom. The van der Waals surface area contributed by atoms with Gasteiger partial charge in [0.25, 0.3) is 11.7 Å². The van der Waals surface area contributed by atoms with E-state index in [9.17, 15) is 9.59 Å². The molecule has 0 saturated heterocycles. The van der Waals surface area contributed by atoms with E-state index in [1.165, 1.54) is 6.20 Å². The van der Waals surface area contributed by atoms with Gasteiger partial charge >= 0.3 is 0 Å². The third kappa shape index (κ3) is 1.66. The number of benzene rings is 1. The molecule has 0 saturated carbocycles. The molecule has 0 fully saturated rings. The molecule has 76 valence electrons. The molecule has 15 heavy (non-hydrogen) atoms. The zero-order chi connectivity index (χ0) is 11.0. The first kappa shape index (κ1) is 9.92. The molecule has 1 aromatic carbocycles. The lowest BCUT2D eigenvalue weighted by atomic mass is 10.1. The lowest BCUT2D eigenvalue weighted by Crippen LogP contribution is -2.22. The van der Waals surface area contributed by atoms with Crippen molar-refractivity contribution in [1.82, 2.24) is 4.98 Å². The van der Waals surface area contributed by atoms with E-state index in [-0.39, 0.29) is 0 Å². The molecule has 2 aromatic rings. The summed E-state index contributed by atoms with van der Waals surface area (Å²) in [6, 6.07) is 5.43. The molecular weight excluding hydrogens is 260 g/mol. The lowest BCUT2D eigenvalue weighted by Gasteiger charge is -1.95. The fourth-order valence-electron chi connectivity index (χ4n) is 1.41. The van der Waals surface area contributed by atoms with E-state index in [1.54, 1.807) is 6.07 Å². The number of ketones is 1. The highest BCUT2D eigenvalue weighted by molar-refractivity contribution is 9.10. The van der Waals surface area contributed by atoms with Crippen molar-refractivity contribution in [2.24, 2.45) is 5.73 Å². The number of primary amides is 1. The highest BCUT2D eigenvalue weighted by Gasteiger charge is 2.16. The van der Waals surface area contributed by atoms with E-state index in [2.05, 4.69) is 20.9 Å². The molecule has 0 unspecified atom stereocenters. The third-order valence-electron chi connectivity index (χ3n) is 2.11. The van der Waals surface area contributed by atoms with Crippen LogP contribution in [-0.4, -0.2) is 16.7 Å². The second kappa shape index (κ2) is 3.51. The minimum Gasteiger partial charge on any atom is -0.363 e. The SMILES string of the molecule is NC(=O)C(=O)c1c[nH]c2ccc(Br)cc12. The normalized spacial score (nSPS) is 10.5. The molecule has 0 bridgehead atoms. The first-order chi connectivity index (χ1) is 7.09. The van der Waals surface area contributed by atoms with Gasteiger partial charge in [0.1, 0.15) is 0 Å². The maximum Gasteiger partial charge on any atom is 0.289 e. The van der Waals surface area contributed by atoms with Gasteiger partial charge in [0, 0.05) is 21.6 Å². The van der Waals surface area contributed by atoms with Crippen LogP contribution in [0.1, 0.15) is 10.4 Å². The monoisotopic (exact) mass is 266 g/mol. The molecule has 5 heteroatoms. The summed E-state index contributed by atoms with van der Waals surface area (Å²) in [5, 5.41) is 0.688. The average Bonchev–Trinajstić information content (AvgIpc) is 2.59. The van der Waals surface area contributed by atoms with E-state index in [0.29, 0.717) is 10.9 Å². The topological polar surface area (TPSA) is 76.0 Å². The molecule has 3 N–H and O–H groups in total. The van der Waals surface area contributed by atoms with Gasteiger partial charge in [-0.1, -0.05) is 15.9 Å². The second-order valence-electron chi connectivity index (χ2n) is 3.09. The van der Waals surface area contributed by atoms with Crippen LogP contribution in [0, 0.1) is 0 Å². The zero-order valence-corrected chi connectivity index (χ0v) is 9.17. The van der Waals surface area contributed by atoms with Gasteiger partial charge in [0.15, 0.2) is 0 Å². The summed E-state index contributed by atoms with van der Waals surface area (Å²) >= 11 is 3.30. The minimum atomic E-state index is -0.948. The highest BCUT2D eigenvalue weighted by atomic mass is 79.9. The van der Waals surface area contributed by atoms with Crippen molar-refractivity contribution in [3.05, 3.63) is 34.4 Å². The molecule has 2 rings (SSSR count). The molecule has 1 heterocycles. The van der Waals surface area contributed by atoms with Crippen molar-refractivity contribution in [3.8, 4) is 0 Å². The van der Waals surface area contributed by atoms with Crippen LogP contribution < -0.4 is 5.73 Å². The van der Waals surface area contributed by atoms with Crippen LogP contribution in [0.5, 0.6) is 0 Å². The number of carbonyl (C=O) groups is 2. The van der Waals surface area contributed by atoms with E-state index in [0.717, 1.165) is 9.99 Å². The molecule has 0 atom stereocenters. The highest BCUT2D eigenvalue weighted by Crippen LogP contribution is 2.22. The largest absolute Gasteiger partial charge is 0.363 e. The van der Waals surface area contributed by atoms with Crippen LogP contribution in [0.3, 0.4) is 0 Å². The Labute approximate surface area is 93.6 Å². The number of H-pyrrole nitrogens is 1. The van der Waals surface area contributed by atoms with Crippen LogP contribution in [-0.2, 0) is 4.79 Å². The van der Waals surface area contributed by atoms with Gasteiger partial charge in [-0.2, -0.15) is 0 Å². The molecule has 4 nitrogen and oxygen atoms in total. The summed E-state index contributed by atoms with van der Waals surface area (Å²) in [6.07, 6.45) is 1.49. The quantitative estimate of drug-likeness (QED) is 0.640. The van der Waals surface area contributed by atoms with Crippen LogP contribution >= 0.6 is 15.9 Å². The Bertz CT molecular complexity index is 560. The molecule has 0 aliphatic carbocycles. The van der Waals surface area contributed by atoms with Crippen molar-refractivity contribution in [3.63, 3.8) is 0 Å². The summed E-state index contributed by atoms with van der Waals surface area (Å²) in [7, 11) is 0. The summed E-state index contributed by atoms with van der Waals surface area (Å²) < 4.78 is 0.841. The first-order valence-corrected chi connectivity index (χ1v) is 4.99. The number of halogens is 1. The zero-order valence-electron chi connectivity index (χ0n) is 7.58. The van der Waals surface area contributed by atoms with Crippen LogP contribution in [0.25, 0.3) is 10.9 Å². The van der Waals surface area contributed by atoms with Crippen molar-refractivity contribution in [2.45, 2.75) is 0 Å². The molecule has 0 aliphatic heterocycles. The van der Waals surface area contributed by atoms with Gasteiger partial charge in [-0.3, -0.25) is 9.59 Å². The van der Waals surface area contributed by atoms with Crippen molar-refractivity contribution in [1.29, 1.82) is 0 Å². The number of nitrogens with two attached hydrogens (primary N) is 1. The maximum absolute atomic E-state index is 11.4. The van der Waals surface area contributed by atoms with Crippen LogP contribution in [0.15, 0.2) is 28.9 Å². The number of amides is 1. The Morgan fingerprint density at radius 2 is 2.07 bits per heavy atom. The predicted octanol–water partition coefficient (Wildman–Crippen LogP) is 1.60. The van der Waals surface area contributed by atoms with E-state index in [1.807, 2.05) is 12.1 Å². The number of carbonyl (C=O) groups excluding carboxylic acids is 2. The van der Waals surface area contributed by atoms with E-state index in [4.69, 9.17) is 5.73 Å². The Balaban J connectivity index is 2.67. The Hall–Kier alpha value is -1.62.